The Balaban J connectivity index is 1.98. The third-order valence-corrected chi connectivity index (χ3v) is 3.62. The number of hydrogen-bond acceptors (Lipinski definition) is 5. The minimum Gasteiger partial charge on any atom is -0.436 e. The SMILES string of the molecule is CNc1cn2ccnc2c(Oc2ccc(SC)cc2)n1. The molecule has 0 fully saturated rings. The monoisotopic (exact) mass is 286 g/mol. The van der Waals surface area contributed by atoms with E-state index in [1.807, 2.05) is 54.4 Å². The molecule has 6 heteroatoms. The Hall–Kier alpha value is -2.21. The van der Waals surface area contributed by atoms with E-state index in [2.05, 4.69) is 15.3 Å². The molecular weight excluding hydrogens is 272 g/mol. The van der Waals surface area contributed by atoms with Gasteiger partial charge in [-0.2, -0.15) is 4.98 Å². The molecule has 3 aromatic rings. The van der Waals surface area contributed by atoms with Crippen LogP contribution in [0.4, 0.5) is 5.82 Å². The number of imidazole rings is 1. The average Bonchev–Trinajstić information content (AvgIpc) is 2.96. The van der Waals surface area contributed by atoms with Crippen molar-refractivity contribution in [2.75, 3.05) is 18.6 Å². The molecule has 0 bridgehead atoms. The van der Waals surface area contributed by atoms with Crippen molar-refractivity contribution in [2.45, 2.75) is 4.90 Å². The number of rotatable bonds is 4. The highest BCUT2D eigenvalue weighted by atomic mass is 32.2. The third kappa shape index (κ3) is 2.42. The van der Waals surface area contributed by atoms with E-state index in [9.17, 15) is 0 Å². The van der Waals surface area contributed by atoms with E-state index < -0.39 is 0 Å². The largest absolute Gasteiger partial charge is 0.436 e. The predicted molar refractivity (Wildman–Crippen MR) is 80.8 cm³/mol. The van der Waals surface area contributed by atoms with Crippen LogP contribution in [0.3, 0.4) is 0 Å². The molecule has 102 valence electrons. The van der Waals surface area contributed by atoms with Gasteiger partial charge in [0.15, 0.2) is 0 Å². The first-order valence-corrected chi connectivity index (χ1v) is 7.36. The van der Waals surface area contributed by atoms with E-state index in [1.54, 1.807) is 18.0 Å². The molecule has 0 aliphatic rings. The molecule has 2 aromatic heterocycles. The minimum atomic E-state index is 0.485. The summed E-state index contributed by atoms with van der Waals surface area (Å²) < 4.78 is 7.73. The molecule has 0 amide bonds. The zero-order valence-electron chi connectivity index (χ0n) is 11.2. The molecule has 5 nitrogen and oxygen atoms in total. The minimum absolute atomic E-state index is 0.485. The fraction of sp³-hybridized carbons (Fsp3) is 0.143. The van der Waals surface area contributed by atoms with Crippen molar-refractivity contribution in [2.24, 2.45) is 0 Å². The summed E-state index contributed by atoms with van der Waals surface area (Å²) >= 11 is 1.70. The second-order valence-corrected chi connectivity index (χ2v) is 5.00. The lowest BCUT2D eigenvalue weighted by Crippen LogP contribution is -1.99. The van der Waals surface area contributed by atoms with Crippen molar-refractivity contribution in [1.82, 2.24) is 14.4 Å². The summed E-state index contributed by atoms with van der Waals surface area (Å²) in [6.45, 7) is 0. The number of thioether (sulfide) groups is 1. The number of benzene rings is 1. The van der Waals surface area contributed by atoms with Gasteiger partial charge in [0, 0.05) is 24.3 Å². The number of anilines is 1. The average molecular weight is 286 g/mol. The molecule has 2 heterocycles. The van der Waals surface area contributed by atoms with Crippen molar-refractivity contribution < 1.29 is 4.74 Å². The lowest BCUT2D eigenvalue weighted by Gasteiger charge is -2.08. The Morgan fingerprint density at radius 2 is 2.05 bits per heavy atom. The topological polar surface area (TPSA) is 51.5 Å². The molecule has 0 radical (unpaired) electrons. The first-order chi connectivity index (χ1) is 9.80. The highest BCUT2D eigenvalue weighted by Crippen LogP contribution is 2.26. The van der Waals surface area contributed by atoms with Crippen LogP contribution in [0.1, 0.15) is 0 Å². The maximum Gasteiger partial charge on any atom is 0.265 e. The van der Waals surface area contributed by atoms with Gasteiger partial charge in [0.2, 0.25) is 5.65 Å². The molecule has 0 aliphatic heterocycles. The molecule has 1 aromatic carbocycles. The lowest BCUT2D eigenvalue weighted by atomic mass is 10.3. The second kappa shape index (κ2) is 5.42. The normalized spacial score (nSPS) is 10.7. The van der Waals surface area contributed by atoms with Crippen LogP contribution in [-0.2, 0) is 0 Å². The molecule has 1 N–H and O–H groups in total. The molecule has 20 heavy (non-hydrogen) atoms. The third-order valence-electron chi connectivity index (χ3n) is 2.87. The summed E-state index contributed by atoms with van der Waals surface area (Å²) in [4.78, 5) is 9.87. The standard InChI is InChI=1S/C14H14N4OS/c1-15-12-9-18-8-7-16-13(18)14(17-12)19-10-3-5-11(20-2)6-4-10/h3-9,15H,1-2H3. The van der Waals surface area contributed by atoms with Gasteiger partial charge in [-0.1, -0.05) is 0 Å². The highest BCUT2D eigenvalue weighted by molar-refractivity contribution is 7.98. The van der Waals surface area contributed by atoms with Gasteiger partial charge in [0.1, 0.15) is 11.6 Å². The molecule has 0 aliphatic carbocycles. The van der Waals surface area contributed by atoms with Gasteiger partial charge >= 0.3 is 0 Å². The number of nitrogens with zero attached hydrogens (tertiary/aromatic N) is 3. The van der Waals surface area contributed by atoms with Crippen molar-refractivity contribution in [3.63, 3.8) is 0 Å². The fourth-order valence-corrected chi connectivity index (χ4v) is 2.26. The number of fused-ring (bicyclic) bond motifs is 1. The molecule has 0 spiro atoms. The van der Waals surface area contributed by atoms with Crippen LogP contribution in [0.5, 0.6) is 11.6 Å². The summed E-state index contributed by atoms with van der Waals surface area (Å²) in [5, 5.41) is 3.01. The van der Waals surface area contributed by atoms with Gasteiger partial charge in [-0.25, -0.2) is 4.98 Å². The molecule has 0 saturated carbocycles. The predicted octanol–water partition coefficient (Wildman–Crippen LogP) is 3.29. The van der Waals surface area contributed by atoms with Crippen LogP contribution < -0.4 is 10.1 Å². The number of aromatic nitrogens is 3. The van der Waals surface area contributed by atoms with Crippen LogP contribution in [0, 0.1) is 0 Å². The molecule has 0 atom stereocenters. The lowest BCUT2D eigenvalue weighted by molar-refractivity contribution is 0.465. The molecule has 0 unspecified atom stereocenters. The Labute approximate surface area is 121 Å². The Morgan fingerprint density at radius 1 is 1.25 bits per heavy atom. The molecule has 0 saturated heterocycles. The summed E-state index contributed by atoms with van der Waals surface area (Å²) in [7, 11) is 1.82. The summed E-state index contributed by atoms with van der Waals surface area (Å²) in [5.74, 6) is 1.96. The van der Waals surface area contributed by atoms with Crippen molar-refractivity contribution in [3.05, 3.63) is 42.9 Å². The van der Waals surface area contributed by atoms with Crippen LogP contribution in [0.15, 0.2) is 47.8 Å². The Kier molecular flexibility index (Phi) is 3.47. The number of ether oxygens (including phenoxy) is 1. The smallest absolute Gasteiger partial charge is 0.265 e. The number of nitrogens with one attached hydrogen (secondary N) is 1. The molecular formula is C14H14N4OS. The van der Waals surface area contributed by atoms with E-state index in [0.717, 1.165) is 11.6 Å². The Bertz CT molecular complexity index is 724. The van der Waals surface area contributed by atoms with Gasteiger partial charge in [0.05, 0.1) is 6.20 Å². The second-order valence-electron chi connectivity index (χ2n) is 4.12. The van der Waals surface area contributed by atoms with E-state index in [0.29, 0.717) is 11.5 Å². The maximum absolute atomic E-state index is 5.85. The Morgan fingerprint density at radius 3 is 2.75 bits per heavy atom. The fourth-order valence-electron chi connectivity index (χ4n) is 1.85. The van der Waals surface area contributed by atoms with E-state index in [4.69, 9.17) is 4.74 Å². The summed E-state index contributed by atoms with van der Waals surface area (Å²) in [6.07, 6.45) is 7.50. The van der Waals surface area contributed by atoms with E-state index >= 15 is 0 Å². The maximum atomic E-state index is 5.85. The van der Waals surface area contributed by atoms with Gasteiger partial charge in [0.25, 0.3) is 5.88 Å². The zero-order chi connectivity index (χ0) is 13.9. The first kappa shape index (κ1) is 12.8. The van der Waals surface area contributed by atoms with Gasteiger partial charge in [-0.05, 0) is 30.5 Å². The van der Waals surface area contributed by atoms with Crippen LogP contribution >= 0.6 is 11.8 Å². The van der Waals surface area contributed by atoms with Crippen LogP contribution in [-0.4, -0.2) is 27.7 Å². The van der Waals surface area contributed by atoms with Gasteiger partial charge < -0.3 is 10.1 Å². The summed E-state index contributed by atoms with van der Waals surface area (Å²) in [5.41, 5.74) is 0.693. The molecule has 3 rings (SSSR count). The van der Waals surface area contributed by atoms with E-state index in [-0.39, 0.29) is 0 Å². The van der Waals surface area contributed by atoms with Crippen molar-refractivity contribution in [1.29, 1.82) is 0 Å². The van der Waals surface area contributed by atoms with Crippen molar-refractivity contribution in [3.8, 4) is 11.6 Å². The van der Waals surface area contributed by atoms with Crippen LogP contribution in [0.2, 0.25) is 0 Å². The van der Waals surface area contributed by atoms with Crippen LogP contribution in [0.25, 0.3) is 5.65 Å². The quantitative estimate of drug-likeness (QED) is 0.746. The van der Waals surface area contributed by atoms with Gasteiger partial charge in [-0.15, -0.1) is 11.8 Å². The van der Waals surface area contributed by atoms with Crippen molar-refractivity contribution >= 4 is 23.2 Å². The zero-order valence-corrected chi connectivity index (χ0v) is 12.0. The van der Waals surface area contributed by atoms with E-state index in [1.165, 1.54) is 4.90 Å². The number of hydrogen-bond donors (Lipinski definition) is 1. The highest BCUT2D eigenvalue weighted by Gasteiger charge is 2.09. The first-order valence-electron chi connectivity index (χ1n) is 6.13. The summed E-state index contributed by atoms with van der Waals surface area (Å²) in [6, 6.07) is 7.90. The van der Waals surface area contributed by atoms with Gasteiger partial charge in [-0.3, -0.25) is 4.40 Å².